The number of nitrogens with zero attached hydrogens (tertiary/aromatic N) is 3. The molecule has 0 aliphatic carbocycles. The van der Waals surface area contributed by atoms with Crippen molar-refractivity contribution in [3.8, 4) is 0 Å². The Bertz CT molecular complexity index is 545. The van der Waals surface area contributed by atoms with E-state index in [2.05, 4.69) is 14.5 Å². The van der Waals surface area contributed by atoms with Crippen LogP contribution in [0.5, 0.6) is 0 Å². The van der Waals surface area contributed by atoms with E-state index in [-0.39, 0.29) is 0 Å². The number of aliphatic hydroxyl groups excluding tert-OH is 4. The Labute approximate surface area is 133 Å². The third-order valence-corrected chi connectivity index (χ3v) is 3.25. The molecule has 0 aromatic rings. The monoisotopic (exact) mass is 373 g/mol. The Hall–Kier alpha value is -1.60. The van der Waals surface area contributed by atoms with E-state index in [1.165, 1.54) is 0 Å². The number of rotatable bonds is 11. The lowest BCUT2D eigenvalue weighted by molar-refractivity contribution is -0.154. The van der Waals surface area contributed by atoms with Gasteiger partial charge in [-0.05, 0) is 5.53 Å². The number of phosphoric ester groups is 1. The molecule has 0 aromatic carbocycles. The Kier molecular flexibility index (Phi) is 8.99. The summed E-state index contributed by atoms with van der Waals surface area (Å²) >= 11 is 0. The largest absolute Gasteiger partial charge is 0.475 e. The van der Waals surface area contributed by atoms with Gasteiger partial charge < -0.3 is 35.3 Å². The molecular formula is C9H16N3O11P. The molecule has 0 aliphatic heterocycles. The minimum Gasteiger partial charge on any atom is -0.475 e. The smallest absolute Gasteiger partial charge is 0.469 e. The fourth-order valence-corrected chi connectivity index (χ4v) is 2.10. The molecule has 0 radical (unpaired) electrons. The van der Waals surface area contributed by atoms with E-state index in [9.17, 15) is 34.6 Å². The van der Waals surface area contributed by atoms with Gasteiger partial charge in [0.15, 0.2) is 0 Å². The fraction of sp³-hybridized carbons (Fsp3) is 0.778. The van der Waals surface area contributed by atoms with Crippen LogP contribution in [0.1, 0.15) is 6.42 Å². The highest BCUT2D eigenvalue weighted by molar-refractivity contribution is 7.46. The summed E-state index contributed by atoms with van der Waals surface area (Å²) in [6, 6.07) is 0. The summed E-state index contributed by atoms with van der Waals surface area (Å²) in [5.41, 5.74) is 8.07. The van der Waals surface area contributed by atoms with Gasteiger partial charge in [0, 0.05) is 11.3 Å². The van der Waals surface area contributed by atoms with Crippen LogP contribution in [0.4, 0.5) is 0 Å². The summed E-state index contributed by atoms with van der Waals surface area (Å²) in [5, 5.41) is 49.8. The van der Waals surface area contributed by atoms with Gasteiger partial charge in [-0.15, -0.1) is 0 Å². The summed E-state index contributed by atoms with van der Waals surface area (Å²) < 4.78 is 14.9. The van der Waals surface area contributed by atoms with Gasteiger partial charge in [0.1, 0.15) is 24.4 Å². The number of carboxylic acid groups (broad SMARTS) is 1. The summed E-state index contributed by atoms with van der Waals surface area (Å²) in [4.78, 5) is 41.3. The number of carboxylic acids is 1. The average molecular weight is 373 g/mol. The van der Waals surface area contributed by atoms with E-state index in [0.29, 0.717) is 0 Å². The summed E-state index contributed by atoms with van der Waals surface area (Å²) in [6.07, 6.45) is -12.1. The molecule has 0 saturated heterocycles. The van der Waals surface area contributed by atoms with E-state index in [1.807, 2.05) is 0 Å². The molecule has 7 N–H and O–H groups in total. The van der Waals surface area contributed by atoms with Gasteiger partial charge >= 0.3 is 13.8 Å². The highest BCUT2D eigenvalue weighted by atomic mass is 31.2. The first-order valence-corrected chi connectivity index (χ1v) is 7.67. The summed E-state index contributed by atoms with van der Waals surface area (Å²) in [7, 11) is -5.30. The zero-order valence-corrected chi connectivity index (χ0v) is 12.7. The molecule has 0 fully saturated rings. The lowest BCUT2D eigenvalue weighted by Gasteiger charge is -2.30. The molecule has 24 heavy (non-hydrogen) atoms. The van der Waals surface area contributed by atoms with Crippen LogP contribution in [0, 0.1) is 0 Å². The first kappa shape index (κ1) is 22.4. The van der Waals surface area contributed by atoms with Crippen LogP contribution in [-0.2, 0) is 18.7 Å². The molecule has 0 bridgehead atoms. The van der Waals surface area contributed by atoms with Gasteiger partial charge in [0.05, 0.1) is 12.6 Å². The number of carbonyl (C=O) groups excluding carboxylic acids is 1. The van der Waals surface area contributed by atoms with Gasteiger partial charge in [-0.2, -0.15) is 0 Å². The Morgan fingerprint density at radius 1 is 1.12 bits per heavy atom. The quantitative estimate of drug-likeness (QED) is 0.0642. The number of carbonyl (C=O) groups is 2. The van der Waals surface area contributed by atoms with Crippen molar-refractivity contribution in [2.45, 2.75) is 36.9 Å². The van der Waals surface area contributed by atoms with Crippen LogP contribution in [0.3, 0.4) is 0 Å². The number of hydrogen-bond acceptors (Lipinski definition) is 9. The van der Waals surface area contributed by atoms with Crippen molar-refractivity contribution in [2.75, 3.05) is 6.54 Å². The number of Topliss-reactive ketones (excluding diaryl/α,β-unsaturated/α-hetero) is 1. The Morgan fingerprint density at radius 2 is 1.67 bits per heavy atom. The van der Waals surface area contributed by atoms with Gasteiger partial charge in [-0.3, -0.25) is 9.32 Å². The molecule has 15 heteroatoms. The molecule has 0 aromatic heterocycles. The maximum atomic E-state index is 11.1. The molecule has 14 nitrogen and oxygen atoms in total. The molecule has 5 atom stereocenters. The molecule has 0 heterocycles. The van der Waals surface area contributed by atoms with Crippen LogP contribution >= 0.6 is 7.82 Å². The third-order valence-electron chi connectivity index (χ3n) is 2.70. The number of ketones is 1. The van der Waals surface area contributed by atoms with Crippen molar-refractivity contribution in [2.24, 2.45) is 5.11 Å². The Balaban J connectivity index is 5.22. The third kappa shape index (κ3) is 7.79. The zero-order valence-electron chi connectivity index (χ0n) is 11.9. The van der Waals surface area contributed by atoms with Crippen molar-refractivity contribution < 1.29 is 54.0 Å². The second-order valence-electron chi connectivity index (χ2n) is 4.52. The van der Waals surface area contributed by atoms with Crippen LogP contribution in [-0.4, -0.2) is 84.1 Å². The topological polar surface area (TPSA) is 251 Å². The van der Waals surface area contributed by atoms with Crippen molar-refractivity contribution >= 4 is 19.6 Å². The van der Waals surface area contributed by atoms with E-state index < -0.39 is 63.1 Å². The minimum absolute atomic E-state index is 0.709. The lowest BCUT2D eigenvalue weighted by Crippen LogP contribution is -2.50. The maximum absolute atomic E-state index is 11.1. The summed E-state index contributed by atoms with van der Waals surface area (Å²) in [6.45, 7) is -0.709. The number of aliphatic carboxylic acids is 1. The predicted octanol–water partition coefficient (Wildman–Crippen LogP) is -2.74. The van der Waals surface area contributed by atoms with E-state index in [1.54, 1.807) is 0 Å². The van der Waals surface area contributed by atoms with Gasteiger partial charge in [-0.1, -0.05) is 5.11 Å². The van der Waals surface area contributed by atoms with Crippen LogP contribution < -0.4 is 0 Å². The lowest BCUT2D eigenvalue weighted by atomic mass is 9.96. The molecule has 0 spiro atoms. The zero-order chi connectivity index (χ0) is 19.1. The standard InChI is InChI=1S/C9H16N3O11P/c10-12-11-2-4(14)6(15)8(17)7(16)5(23-24(20,21)22)1-3(13)9(18)19/h4-8,14-17H,1-2H2,(H,18,19)(H2,20,21,22)/t4-,5+,6-,7-,8+/m1/s1. The first-order chi connectivity index (χ1) is 10.9. The molecule has 0 unspecified atom stereocenters. The minimum atomic E-state index is -5.30. The SMILES string of the molecule is [N-]=[N+]=NC[C@@H](O)[C@@H](O)[C@H](O)[C@H](O)[C@H](CC(=O)C(=O)O)OP(=O)(O)O. The fourth-order valence-electron chi connectivity index (χ4n) is 1.54. The maximum Gasteiger partial charge on any atom is 0.469 e. The molecule has 138 valence electrons. The molecule has 0 amide bonds. The van der Waals surface area contributed by atoms with Crippen molar-refractivity contribution in [3.63, 3.8) is 0 Å². The number of hydrogen-bond donors (Lipinski definition) is 7. The average Bonchev–Trinajstić information content (AvgIpc) is 2.47. The molecule has 0 rings (SSSR count). The molecule has 0 saturated carbocycles. The van der Waals surface area contributed by atoms with Gasteiger partial charge in [0.2, 0.25) is 5.78 Å². The number of aliphatic hydroxyl groups is 4. The van der Waals surface area contributed by atoms with E-state index in [4.69, 9.17) is 20.4 Å². The second kappa shape index (κ2) is 9.64. The van der Waals surface area contributed by atoms with E-state index >= 15 is 0 Å². The van der Waals surface area contributed by atoms with Crippen LogP contribution in [0.2, 0.25) is 0 Å². The van der Waals surface area contributed by atoms with Crippen molar-refractivity contribution in [1.29, 1.82) is 0 Å². The first-order valence-electron chi connectivity index (χ1n) is 6.14. The Morgan fingerprint density at radius 3 is 2.08 bits per heavy atom. The highest BCUT2D eigenvalue weighted by Crippen LogP contribution is 2.39. The van der Waals surface area contributed by atoms with Gasteiger partial charge in [-0.25, -0.2) is 9.36 Å². The van der Waals surface area contributed by atoms with E-state index in [0.717, 1.165) is 0 Å². The molecular weight excluding hydrogens is 357 g/mol. The molecule has 0 aliphatic rings. The number of azide groups is 1. The normalized spacial score (nSPS) is 17.9. The van der Waals surface area contributed by atoms with Crippen LogP contribution in [0.25, 0.3) is 10.4 Å². The highest BCUT2D eigenvalue weighted by Gasteiger charge is 2.39. The van der Waals surface area contributed by atoms with Crippen molar-refractivity contribution in [1.82, 2.24) is 0 Å². The van der Waals surface area contributed by atoms with Gasteiger partial charge in [0.25, 0.3) is 0 Å². The second-order valence-corrected chi connectivity index (χ2v) is 5.71. The van der Waals surface area contributed by atoms with Crippen LogP contribution in [0.15, 0.2) is 5.11 Å². The predicted molar refractivity (Wildman–Crippen MR) is 72.2 cm³/mol. The summed E-state index contributed by atoms with van der Waals surface area (Å²) in [5.74, 6) is -3.58. The van der Waals surface area contributed by atoms with Crippen molar-refractivity contribution in [3.05, 3.63) is 10.4 Å². The number of phosphoric acid groups is 1.